The summed E-state index contributed by atoms with van der Waals surface area (Å²) in [7, 11) is 1.00. The summed E-state index contributed by atoms with van der Waals surface area (Å²) in [5.41, 5.74) is 7.79. The fraction of sp³-hybridized carbons (Fsp3) is 0.571. The SMILES string of the molecule is CO.NCCCCc1ccc(CCCC=O)nc1. The molecule has 0 aliphatic heterocycles. The van der Waals surface area contributed by atoms with Gasteiger partial charge in [0, 0.05) is 25.4 Å². The maximum atomic E-state index is 10.2. The minimum atomic E-state index is 0.625. The molecule has 0 bridgehead atoms. The zero-order chi connectivity index (χ0) is 13.6. The maximum Gasteiger partial charge on any atom is 0.120 e. The van der Waals surface area contributed by atoms with Crippen molar-refractivity contribution in [3.63, 3.8) is 0 Å². The van der Waals surface area contributed by atoms with E-state index in [1.54, 1.807) is 0 Å². The number of hydrogen-bond acceptors (Lipinski definition) is 4. The number of aromatic nitrogens is 1. The molecule has 1 aromatic heterocycles. The monoisotopic (exact) mass is 252 g/mol. The van der Waals surface area contributed by atoms with E-state index in [-0.39, 0.29) is 0 Å². The molecule has 4 nitrogen and oxygen atoms in total. The van der Waals surface area contributed by atoms with Crippen LogP contribution in [0.4, 0.5) is 0 Å². The van der Waals surface area contributed by atoms with Crippen LogP contribution in [0, 0.1) is 0 Å². The van der Waals surface area contributed by atoms with Gasteiger partial charge in [0.1, 0.15) is 6.29 Å². The van der Waals surface area contributed by atoms with Crippen molar-refractivity contribution in [1.29, 1.82) is 0 Å². The molecule has 0 aliphatic rings. The molecule has 0 amide bonds. The summed E-state index contributed by atoms with van der Waals surface area (Å²) < 4.78 is 0. The molecule has 0 aliphatic carbocycles. The molecule has 0 spiro atoms. The minimum absolute atomic E-state index is 0.625. The van der Waals surface area contributed by atoms with Crippen LogP contribution in [-0.4, -0.2) is 30.0 Å². The van der Waals surface area contributed by atoms with Gasteiger partial charge >= 0.3 is 0 Å². The lowest BCUT2D eigenvalue weighted by atomic mass is 10.1. The van der Waals surface area contributed by atoms with Gasteiger partial charge < -0.3 is 15.6 Å². The minimum Gasteiger partial charge on any atom is -0.400 e. The van der Waals surface area contributed by atoms with E-state index in [2.05, 4.69) is 17.1 Å². The van der Waals surface area contributed by atoms with E-state index in [4.69, 9.17) is 10.8 Å². The van der Waals surface area contributed by atoms with E-state index in [0.29, 0.717) is 6.42 Å². The van der Waals surface area contributed by atoms with Crippen LogP contribution in [0.5, 0.6) is 0 Å². The lowest BCUT2D eigenvalue weighted by Gasteiger charge is -2.02. The van der Waals surface area contributed by atoms with Gasteiger partial charge in [0.15, 0.2) is 0 Å². The van der Waals surface area contributed by atoms with E-state index in [9.17, 15) is 4.79 Å². The van der Waals surface area contributed by atoms with Gasteiger partial charge in [-0.1, -0.05) is 6.07 Å². The van der Waals surface area contributed by atoms with Crippen molar-refractivity contribution < 1.29 is 9.90 Å². The molecule has 4 heteroatoms. The van der Waals surface area contributed by atoms with E-state index in [1.807, 2.05) is 6.20 Å². The fourth-order valence-electron chi connectivity index (χ4n) is 1.59. The Morgan fingerprint density at radius 1 is 1.22 bits per heavy atom. The molecule has 3 N–H and O–H groups in total. The number of carbonyl (C=O) groups excluding carboxylic acids is 1. The Bertz CT molecular complexity index is 299. The van der Waals surface area contributed by atoms with Crippen molar-refractivity contribution in [3.05, 3.63) is 29.6 Å². The quantitative estimate of drug-likeness (QED) is 0.543. The Balaban J connectivity index is 0.00000137. The first-order valence-corrected chi connectivity index (χ1v) is 6.39. The average molecular weight is 252 g/mol. The zero-order valence-corrected chi connectivity index (χ0v) is 11.1. The Morgan fingerprint density at radius 2 is 2.00 bits per heavy atom. The van der Waals surface area contributed by atoms with Crippen molar-refractivity contribution in [3.8, 4) is 0 Å². The molecule has 18 heavy (non-hydrogen) atoms. The number of pyridine rings is 1. The lowest BCUT2D eigenvalue weighted by molar-refractivity contribution is -0.107. The van der Waals surface area contributed by atoms with E-state index in [0.717, 1.165) is 57.7 Å². The molecule has 0 unspecified atom stereocenters. The smallest absolute Gasteiger partial charge is 0.120 e. The number of rotatable bonds is 8. The Morgan fingerprint density at radius 3 is 2.56 bits per heavy atom. The van der Waals surface area contributed by atoms with Crippen LogP contribution in [0.3, 0.4) is 0 Å². The molecule has 1 aromatic rings. The molecule has 0 radical (unpaired) electrons. The number of aryl methyl sites for hydroxylation is 2. The van der Waals surface area contributed by atoms with Gasteiger partial charge in [-0.3, -0.25) is 4.98 Å². The molecule has 0 saturated heterocycles. The summed E-state index contributed by atoms with van der Waals surface area (Å²) in [6, 6.07) is 4.18. The van der Waals surface area contributed by atoms with Gasteiger partial charge in [-0.15, -0.1) is 0 Å². The van der Waals surface area contributed by atoms with E-state index < -0.39 is 0 Å². The standard InChI is InChI=1S/C13H20N2O.CH4O/c14-9-3-1-5-12-7-8-13(15-11-12)6-2-4-10-16;1-2/h7-8,10-11H,1-6,9,14H2;2H,1H3. The number of nitrogens with two attached hydrogens (primary N) is 1. The molecule has 1 heterocycles. The van der Waals surface area contributed by atoms with Crippen LogP contribution >= 0.6 is 0 Å². The second-order valence-corrected chi connectivity index (χ2v) is 3.96. The number of aliphatic hydroxyl groups excluding tert-OH is 1. The Kier molecular flexibility index (Phi) is 11.3. The van der Waals surface area contributed by atoms with Gasteiger partial charge in [-0.05, 0) is 50.3 Å². The van der Waals surface area contributed by atoms with Crippen molar-refractivity contribution in [1.82, 2.24) is 4.98 Å². The van der Waals surface area contributed by atoms with Gasteiger partial charge in [0.25, 0.3) is 0 Å². The van der Waals surface area contributed by atoms with E-state index in [1.165, 1.54) is 5.56 Å². The molecule has 102 valence electrons. The van der Waals surface area contributed by atoms with Gasteiger partial charge in [-0.25, -0.2) is 0 Å². The third kappa shape index (κ3) is 7.92. The molecule has 1 rings (SSSR count). The number of unbranched alkanes of at least 4 members (excludes halogenated alkanes) is 2. The maximum absolute atomic E-state index is 10.2. The normalized spacial score (nSPS) is 9.50. The molecular formula is C14H24N2O2. The predicted molar refractivity (Wildman–Crippen MR) is 73.4 cm³/mol. The van der Waals surface area contributed by atoms with Crippen molar-refractivity contribution in [2.45, 2.75) is 38.5 Å². The van der Waals surface area contributed by atoms with Crippen LogP contribution in [0.15, 0.2) is 18.3 Å². The van der Waals surface area contributed by atoms with Crippen LogP contribution in [0.1, 0.15) is 36.9 Å². The lowest BCUT2D eigenvalue weighted by Crippen LogP contribution is -1.99. The summed E-state index contributed by atoms with van der Waals surface area (Å²) >= 11 is 0. The fourth-order valence-corrected chi connectivity index (χ4v) is 1.59. The molecule has 0 aromatic carbocycles. The summed E-state index contributed by atoms with van der Waals surface area (Å²) in [6.45, 7) is 0.761. The Hall–Kier alpha value is -1.26. The van der Waals surface area contributed by atoms with Gasteiger partial charge in [0.05, 0.1) is 0 Å². The average Bonchev–Trinajstić information content (AvgIpc) is 2.43. The number of aliphatic hydroxyl groups is 1. The highest BCUT2D eigenvalue weighted by atomic mass is 16.2. The third-order valence-electron chi connectivity index (χ3n) is 2.56. The first kappa shape index (κ1) is 16.7. The Labute approximate surface area is 109 Å². The highest BCUT2D eigenvalue weighted by molar-refractivity contribution is 5.49. The van der Waals surface area contributed by atoms with Crippen molar-refractivity contribution in [2.75, 3.05) is 13.7 Å². The molecule has 0 atom stereocenters. The van der Waals surface area contributed by atoms with Crippen LogP contribution in [0.25, 0.3) is 0 Å². The topological polar surface area (TPSA) is 76.2 Å². The van der Waals surface area contributed by atoms with Crippen LogP contribution in [-0.2, 0) is 17.6 Å². The second-order valence-electron chi connectivity index (χ2n) is 3.96. The predicted octanol–water partition coefficient (Wildman–Crippen LogP) is 1.49. The summed E-state index contributed by atoms with van der Waals surface area (Å²) in [5.74, 6) is 0. The molecule has 0 saturated carbocycles. The van der Waals surface area contributed by atoms with Crippen molar-refractivity contribution >= 4 is 6.29 Å². The van der Waals surface area contributed by atoms with Gasteiger partial charge in [-0.2, -0.15) is 0 Å². The largest absolute Gasteiger partial charge is 0.400 e. The van der Waals surface area contributed by atoms with Crippen LogP contribution < -0.4 is 5.73 Å². The van der Waals surface area contributed by atoms with Crippen molar-refractivity contribution in [2.24, 2.45) is 5.73 Å². The van der Waals surface area contributed by atoms with Gasteiger partial charge in [0.2, 0.25) is 0 Å². The summed E-state index contributed by atoms with van der Waals surface area (Å²) in [5, 5.41) is 7.00. The summed E-state index contributed by atoms with van der Waals surface area (Å²) in [4.78, 5) is 14.5. The number of aldehydes is 1. The number of nitrogens with zero attached hydrogens (tertiary/aromatic N) is 1. The van der Waals surface area contributed by atoms with E-state index >= 15 is 0 Å². The highest BCUT2D eigenvalue weighted by Gasteiger charge is 1.97. The van der Waals surface area contributed by atoms with Crippen LogP contribution in [0.2, 0.25) is 0 Å². The zero-order valence-electron chi connectivity index (χ0n) is 11.1. The number of hydrogen-bond donors (Lipinski definition) is 2. The first-order chi connectivity index (χ1) is 8.86. The molecule has 0 fully saturated rings. The molecular weight excluding hydrogens is 228 g/mol. The first-order valence-electron chi connectivity index (χ1n) is 6.39. The third-order valence-corrected chi connectivity index (χ3v) is 2.56. The summed E-state index contributed by atoms with van der Waals surface area (Å²) in [6.07, 6.45) is 8.56. The number of carbonyl (C=O) groups is 1. The second kappa shape index (κ2) is 12.2. The highest BCUT2D eigenvalue weighted by Crippen LogP contribution is 2.06.